The Bertz CT molecular complexity index is 329. The number of hydrogen-bond donors (Lipinski definition) is 2. The first-order chi connectivity index (χ1) is 4.86. The van der Waals surface area contributed by atoms with Crippen molar-refractivity contribution in [2.45, 2.75) is 0 Å². The van der Waals surface area contributed by atoms with Gasteiger partial charge in [0.1, 0.15) is 0 Å². The summed E-state index contributed by atoms with van der Waals surface area (Å²) in [5.41, 5.74) is 0.435. The molecule has 0 saturated heterocycles. The number of nitrogens with zero attached hydrogens (tertiary/aromatic N) is 1. The van der Waals surface area contributed by atoms with Gasteiger partial charge in [0.15, 0.2) is 5.82 Å². The maximum atomic E-state index is 10.6. The summed E-state index contributed by atoms with van der Waals surface area (Å²) in [6, 6.07) is 3.60. The van der Waals surface area contributed by atoms with Crippen LogP contribution >= 0.6 is 0 Å². The molecule has 0 aromatic rings. The van der Waals surface area contributed by atoms with E-state index in [9.17, 15) is 4.79 Å². The van der Waals surface area contributed by atoms with Crippen LogP contribution in [-0.4, -0.2) is 15.0 Å². The van der Waals surface area contributed by atoms with Gasteiger partial charge in [0.05, 0.1) is 5.69 Å². The summed E-state index contributed by atoms with van der Waals surface area (Å²) in [7, 11) is 0. The summed E-state index contributed by atoms with van der Waals surface area (Å²) >= 11 is 0. The maximum absolute atomic E-state index is 10.6. The second-order valence-electron chi connectivity index (χ2n) is 1.97. The smallest absolute Gasteiger partial charge is 0.345 e. The Kier molecular flexibility index (Phi) is 0.887. The van der Waals surface area contributed by atoms with E-state index in [1.54, 1.807) is 18.3 Å². The zero-order valence-corrected chi connectivity index (χ0v) is 5.09. The van der Waals surface area contributed by atoms with Crippen molar-refractivity contribution < 1.29 is 0 Å². The van der Waals surface area contributed by atoms with E-state index in [1.165, 1.54) is 0 Å². The molecule has 4 heteroatoms. The molecule has 0 aliphatic carbocycles. The second kappa shape index (κ2) is 1.70. The monoisotopic (exact) mass is 135 g/mol. The van der Waals surface area contributed by atoms with Crippen molar-refractivity contribution in [3.8, 4) is 11.5 Å². The lowest BCUT2D eigenvalue weighted by Crippen LogP contribution is -1.98. The minimum absolute atomic E-state index is 0.308. The van der Waals surface area contributed by atoms with Gasteiger partial charge in [0, 0.05) is 6.20 Å². The van der Waals surface area contributed by atoms with E-state index in [2.05, 4.69) is 15.0 Å². The highest BCUT2D eigenvalue weighted by molar-refractivity contribution is 5.48. The van der Waals surface area contributed by atoms with E-state index in [-0.39, 0.29) is 5.69 Å². The van der Waals surface area contributed by atoms with Gasteiger partial charge in [-0.2, -0.15) is 4.98 Å². The summed E-state index contributed by atoms with van der Waals surface area (Å²) in [6.45, 7) is 0. The van der Waals surface area contributed by atoms with Crippen molar-refractivity contribution in [1.82, 2.24) is 15.0 Å². The molecule has 0 aromatic carbocycles. The third-order valence-corrected chi connectivity index (χ3v) is 1.29. The zero-order chi connectivity index (χ0) is 6.97. The van der Waals surface area contributed by atoms with Gasteiger partial charge in [-0.05, 0) is 12.1 Å². The fraction of sp³-hybridized carbons (Fsp3) is 0. The first-order valence-corrected chi connectivity index (χ1v) is 2.90. The van der Waals surface area contributed by atoms with Crippen LogP contribution in [-0.2, 0) is 0 Å². The van der Waals surface area contributed by atoms with Crippen molar-refractivity contribution in [3.63, 3.8) is 0 Å². The minimum atomic E-state index is -0.308. The van der Waals surface area contributed by atoms with Crippen LogP contribution < -0.4 is 5.69 Å². The lowest BCUT2D eigenvalue weighted by molar-refractivity contribution is 1.18. The average molecular weight is 135 g/mol. The van der Waals surface area contributed by atoms with E-state index in [4.69, 9.17) is 0 Å². The predicted octanol–water partition coefficient (Wildman–Crippen LogP) is 0.203. The van der Waals surface area contributed by atoms with E-state index >= 15 is 0 Å². The topological polar surface area (TPSA) is 61.5 Å². The average Bonchev–Trinajstić information content (AvgIpc) is 2.27. The van der Waals surface area contributed by atoms with Crippen LogP contribution in [0.15, 0.2) is 23.1 Å². The summed E-state index contributed by atoms with van der Waals surface area (Å²) in [5, 5.41) is 0. The lowest BCUT2D eigenvalue weighted by Gasteiger charge is -1.90. The number of aromatic amines is 2. The first kappa shape index (κ1) is 5.22. The molecule has 2 heterocycles. The molecule has 2 aliphatic heterocycles. The van der Waals surface area contributed by atoms with Crippen LogP contribution in [0.2, 0.25) is 0 Å². The largest absolute Gasteiger partial charge is 0.347 e. The van der Waals surface area contributed by atoms with Gasteiger partial charge in [-0.15, -0.1) is 0 Å². The Morgan fingerprint density at radius 3 is 3.20 bits per heavy atom. The van der Waals surface area contributed by atoms with Gasteiger partial charge in [-0.3, -0.25) is 0 Å². The van der Waals surface area contributed by atoms with Crippen LogP contribution in [0.4, 0.5) is 0 Å². The molecule has 2 rings (SSSR count). The van der Waals surface area contributed by atoms with Crippen molar-refractivity contribution in [2.24, 2.45) is 0 Å². The first-order valence-electron chi connectivity index (χ1n) is 2.90. The zero-order valence-electron chi connectivity index (χ0n) is 5.09. The lowest BCUT2D eigenvalue weighted by atomic mass is 10.4. The van der Waals surface area contributed by atoms with Crippen molar-refractivity contribution in [3.05, 3.63) is 28.8 Å². The highest BCUT2D eigenvalue weighted by atomic mass is 16.1. The molecule has 0 amide bonds. The molecule has 50 valence electrons. The van der Waals surface area contributed by atoms with Gasteiger partial charge in [-0.25, -0.2) is 4.79 Å². The van der Waals surface area contributed by atoms with E-state index in [0.717, 1.165) is 5.69 Å². The third-order valence-electron chi connectivity index (χ3n) is 1.29. The molecule has 0 fully saturated rings. The maximum Gasteiger partial charge on any atom is 0.347 e. The molecule has 0 aromatic heterocycles. The molecule has 2 N–H and O–H groups in total. The van der Waals surface area contributed by atoms with Crippen LogP contribution in [0.5, 0.6) is 0 Å². The molecular formula is C6H5N3O. The molecule has 0 spiro atoms. The molecule has 0 atom stereocenters. The predicted molar refractivity (Wildman–Crippen MR) is 35.8 cm³/mol. The van der Waals surface area contributed by atoms with Crippen molar-refractivity contribution in [2.75, 3.05) is 0 Å². The summed E-state index contributed by atoms with van der Waals surface area (Å²) in [4.78, 5) is 19.6. The Morgan fingerprint density at radius 1 is 1.50 bits per heavy atom. The van der Waals surface area contributed by atoms with Gasteiger partial charge < -0.3 is 9.97 Å². The van der Waals surface area contributed by atoms with E-state index in [1.807, 2.05) is 0 Å². The number of imidazole rings is 1. The Balaban J connectivity index is 2.88. The number of H-pyrrole nitrogens is 2. The number of nitrogens with one attached hydrogen (secondary N) is 2. The number of hydrogen-bond acceptors (Lipinski definition) is 2. The number of fused-ring (bicyclic) bond motifs is 1. The van der Waals surface area contributed by atoms with E-state index in [0.29, 0.717) is 5.82 Å². The molecule has 0 bridgehead atoms. The van der Waals surface area contributed by atoms with Crippen LogP contribution in [0.3, 0.4) is 0 Å². The minimum Gasteiger partial charge on any atom is -0.345 e. The molecule has 0 unspecified atom stereocenters. The Morgan fingerprint density at radius 2 is 2.40 bits per heavy atom. The van der Waals surface area contributed by atoms with Crippen LogP contribution in [0.25, 0.3) is 11.5 Å². The fourth-order valence-electron chi connectivity index (χ4n) is 0.866. The highest BCUT2D eigenvalue weighted by Crippen LogP contribution is 2.07. The van der Waals surface area contributed by atoms with E-state index < -0.39 is 0 Å². The van der Waals surface area contributed by atoms with Crippen LogP contribution in [0.1, 0.15) is 0 Å². The standard InChI is InChI=1S/C6H5N3O/c10-6-8-4-2-1-3-7-5(4)9-6/h1-3H,(H2,7,8,9,10). The van der Waals surface area contributed by atoms with Gasteiger partial charge in [-0.1, -0.05) is 0 Å². The number of pyridine rings is 1. The second-order valence-corrected chi connectivity index (χ2v) is 1.97. The van der Waals surface area contributed by atoms with Gasteiger partial charge in [0.2, 0.25) is 0 Å². The molecule has 2 aliphatic rings. The molecular weight excluding hydrogens is 130 g/mol. The Labute approximate surface area is 56.3 Å². The fourth-order valence-corrected chi connectivity index (χ4v) is 0.866. The molecule has 0 radical (unpaired) electrons. The van der Waals surface area contributed by atoms with Crippen LogP contribution in [0, 0.1) is 0 Å². The molecule has 10 heavy (non-hydrogen) atoms. The third kappa shape index (κ3) is 0.621. The normalized spacial score (nSPS) is 10.4. The highest BCUT2D eigenvalue weighted by Gasteiger charge is 2.03. The van der Waals surface area contributed by atoms with Crippen molar-refractivity contribution >= 4 is 0 Å². The quantitative estimate of drug-likeness (QED) is 0.542. The number of rotatable bonds is 0. The Hall–Kier alpha value is -1.58. The van der Waals surface area contributed by atoms with Crippen molar-refractivity contribution in [1.29, 1.82) is 0 Å². The van der Waals surface area contributed by atoms with Gasteiger partial charge >= 0.3 is 5.69 Å². The number of aromatic nitrogens is 3. The SMILES string of the molecule is O=c1nc2[nH]cccc-2[nH]1. The molecule has 0 saturated carbocycles. The summed E-state index contributed by atoms with van der Waals surface area (Å²) in [6.07, 6.45) is 1.72. The summed E-state index contributed by atoms with van der Waals surface area (Å²) < 4.78 is 0. The molecule has 4 nitrogen and oxygen atoms in total. The summed E-state index contributed by atoms with van der Waals surface area (Å²) in [5.74, 6) is 0.604. The van der Waals surface area contributed by atoms with Gasteiger partial charge in [0.25, 0.3) is 0 Å².